The van der Waals surface area contributed by atoms with Crippen molar-refractivity contribution in [2.24, 2.45) is 0 Å². The van der Waals surface area contributed by atoms with Gasteiger partial charge in [-0.2, -0.15) is 0 Å². The smallest absolute Gasteiger partial charge is 0.295 e. The molecule has 1 unspecified atom stereocenters. The number of hydrogen-bond acceptors (Lipinski definition) is 7. The Morgan fingerprint density at radius 3 is 2.46 bits per heavy atom. The van der Waals surface area contributed by atoms with Gasteiger partial charge in [0.2, 0.25) is 6.79 Å². The van der Waals surface area contributed by atoms with E-state index in [2.05, 4.69) is 18.7 Å². The molecule has 1 amide bonds. The summed E-state index contributed by atoms with van der Waals surface area (Å²) < 4.78 is 16.5. The maximum atomic E-state index is 13.2. The summed E-state index contributed by atoms with van der Waals surface area (Å²) in [6.45, 7) is 9.52. The first-order valence-corrected chi connectivity index (χ1v) is 12.1. The minimum absolute atomic E-state index is 0.0654. The zero-order valence-corrected chi connectivity index (χ0v) is 20.5. The van der Waals surface area contributed by atoms with E-state index < -0.39 is 17.7 Å². The Morgan fingerprint density at radius 1 is 1.06 bits per heavy atom. The van der Waals surface area contributed by atoms with Crippen molar-refractivity contribution in [3.8, 4) is 17.2 Å². The number of carbonyl (C=O) groups is 2. The number of hydrogen-bond donors (Lipinski definition) is 1. The Kier molecular flexibility index (Phi) is 7.60. The summed E-state index contributed by atoms with van der Waals surface area (Å²) in [7, 11) is 0. The lowest BCUT2D eigenvalue weighted by Crippen LogP contribution is -2.38. The van der Waals surface area contributed by atoms with Crippen molar-refractivity contribution in [1.82, 2.24) is 9.80 Å². The molecule has 8 nitrogen and oxygen atoms in total. The molecule has 186 valence electrons. The van der Waals surface area contributed by atoms with Crippen LogP contribution in [0.25, 0.3) is 5.76 Å². The summed E-state index contributed by atoms with van der Waals surface area (Å²) in [6, 6.07) is 11.6. The van der Waals surface area contributed by atoms with Crippen LogP contribution < -0.4 is 14.2 Å². The van der Waals surface area contributed by atoms with Crippen LogP contribution in [0.4, 0.5) is 0 Å². The normalized spacial score (nSPS) is 18.5. The number of aliphatic hydroxyl groups is 1. The highest BCUT2D eigenvalue weighted by Gasteiger charge is 2.46. The Balaban J connectivity index is 1.74. The molecular weight excluding hydrogens is 448 g/mol. The molecule has 0 bridgehead atoms. The molecule has 2 aromatic carbocycles. The number of aliphatic hydroxyl groups excluding tert-OH is 1. The van der Waals surface area contributed by atoms with Gasteiger partial charge in [-0.25, -0.2) is 0 Å². The highest BCUT2D eigenvalue weighted by Crippen LogP contribution is 2.41. The number of likely N-dealkylation sites (N-methyl/N-ethyl adjacent to an activating group) is 1. The first-order chi connectivity index (χ1) is 17.0. The third-order valence-corrected chi connectivity index (χ3v) is 6.41. The molecule has 2 aliphatic heterocycles. The first kappa shape index (κ1) is 24.6. The third-order valence-electron chi connectivity index (χ3n) is 6.41. The molecule has 0 radical (unpaired) electrons. The van der Waals surface area contributed by atoms with Crippen LogP contribution >= 0.6 is 0 Å². The Morgan fingerprint density at radius 2 is 1.77 bits per heavy atom. The maximum absolute atomic E-state index is 13.2. The Bertz CT molecular complexity index is 1110. The number of ketones is 1. The molecule has 4 rings (SSSR count). The van der Waals surface area contributed by atoms with Gasteiger partial charge in [0, 0.05) is 18.7 Å². The topological polar surface area (TPSA) is 88.5 Å². The van der Waals surface area contributed by atoms with Crippen molar-refractivity contribution in [2.45, 2.75) is 33.2 Å². The molecule has 35 heavy (non-hydrogen) atoms. The predicted octanol–water partition coefficient (Wildman–Crippen LogP) is 3.97. The van der Waals surface area contributed by atoms with E-state index in [1.165, 1.54) is 0 Å². The van der Waals surface area contributed by atoms with Crippen molar-refractivity contribution < 1.29 is 28.9 Å². The van der Waals surface area contributed by atoms with Crippen LogP contribution in [0, 0.1) is 0 Å². The standard InChI is InChI=1S/C27H32N2O6/c1-4-15-33-20-10-7-18(8-11-20)24-23(25(30)19-9-12-21-22(16-19)35-17-34-21)26(31)27(32)29(24)14-13-28(5-2)6-3/h7-12,16,24,30H,4-6,13-15,17H2,1-3H3/b25-23+. The SMILES string of the molecule is CCCOc1ccc(C2/C(=C(\O)c3ccc4c(c3)OCO4)C(=O)C(=O)N2CCN(CC)CC)cc1. The second-order valence-corrected chi connectivity index (χ2v) is 8.50. The van der Waals surface area contributed by atoms with Gasteiger partial charge in [0.25, 0.3) is 11.7 Å². The van der Waals surface area contributed by atoms with E-state index in [4.69, 9.17) is 14.2 Å². The van der Waals surface area contributed by atoms with Gasteiger partial charge in [-0.15, -0.1) is 0 Å². The fourth-order valence-corrected chi connectivity index (χ4v) is 4.41. The monoisotopic (exact) mass is 480 g/mol. The number of benzene rings is 2. The average molecular weight is 481 g/mol. The second-order valence-electron chi connectivity index (χ2n) is 8.50. The molecule has 2 aliphatic rings. The molecule has 0 aliphatic carbocycles. The summed E-state index contributed by atoms with van der Waals surface area (Å²) in [5, 5.41) is 11.3. The zero-order valence-electron chi connectivity index (χ0n) is 20.5. The number of ether oxygens (including phenoxy) is 3. The summed E-state index contributed by atoms with van der Waals surface area (Å²) in [4.78, 5) is 30.1. The number of carbonyl (C=O) groups excluding carboxylic acids is 2. The molecule has 8 heteroatoms. The van der Waals surface area contributed by atoms with E-state index >= 15 is 0 Å². The largest absolute Gasteiger partial charge is 0.507 e. The van der Waals surface area contributed by atoms with Crippen molar-refractivity contribution in [2.75, 3.05) is 39.6 Å². The molecule has 1 fully saturated rings. The van der Waals surface area contributed by atoms with Crippen LogP contribution in [0.3, 0.4) is 0 Å². The van der Waals surface area contributed by atoms with Gasteiger partial charge in [-0.05, 0) is 55.4 Å². The summed E-state index contributed by atoms with van der Waals surface area (Å²) in [6.07, 6.45) is 0.892. The van der Waals surface area contributed by atoms with Gasteiger partial charge in [0.15, 0.2) is 11.5 Å². The quantitative estimate of drug-likeness (QED) is 0.313. The zero-order chi connectivity index (χ0) is 24.9. The Hall–Kier alpha value is -3.52. The van der Waals surface area contributed by atoms with Crippen molar-refractivity contribution in [1.29, 1.82) is 0 Å². The van der Waals surface area contributed by atoms with Gasteiger partial charge in [0.1, 0.15) is 11.5 Å². The van der Waals surface area contributed by atoms with Crippen LogP contribution in [0.5, 0.6) is 17.2 Å². The van der Waals surface area contributed by atoms with Crippen molar-refractivity contribution >= 4 is 17.4 Å². The molecule has 2 aromatic rings. The molecule has 0 saturated carbocycles. The van der Waals surface area contributed by atoms with E-state index in [0.29, 0.717) is 42.5 Å². The van der Waals surface area contributed by atoms with Crippen LogP contribution in [-0.2, 0) is 9.59 Å². The number of nitrogens with zero attached hydrogens (tertiary/aromatic N) is 2. The summed E-state index contributed by atoms with van der Waals surface area (Å²) >= 11 is 0. The molecule has 1 N–H and O–H groups in total. The predicted molar refractivity (Wildman–Crippen MR) is 132 cm³/mol. The van der Waals surface area contributed by atoms with E-state index in [9.17, 15) is 14.7 Å². The average Bonchev–Trinajstić information content (AvgIpc) is 3.45. The fraction of sp³-hybridized carbons (Fsp3) is 0.407. The number of rotatable bonds is 10. The fourth-order valence-electron chi connectivity index (χ4n) is 4.41. The number of likely N-dealkylation sites (tertiary alicyclic amines) is 1. The van der Waals surface area contributed by atoms with E-state index in [1.807, 2.05) is 31.2 Å². The molecule has 2 heterocycles. The van der Waals surface area contributed by atoms with Crippen LogP contribution in [0.15, 0.2) is 48.0 Å². The lowest BCUT2D eigenvalue weighted by molar-refractivity contribution is -0.140. The van der Waals surface area contributed by atoms with Crippen molar-refractivity contribution in [3.63, 3.8) is 0 Å². The van der Waals surface area contributed by atoms with Gasteiger partial charge in [-0.3, -0.25) is 9.59 Å². The van der Waals surface area contributed by atoms with Crippen molar-refractivity contribution in [3.05, 3.63) is 59.2 Å². The molecule has 1 atom stereocenters. The highest BCUT2D eigenvalue weighted by molar-refractivity contribution is 6.46. The number of Topliss-reactive ketones (excluding diaryl/α,β-unsaturated/α-hetero) is 1. The molecule has 0 aromatic heterocycles. The summed E-state index contributed by atoms with van der Waals surface area (Å²) in [5.74, 6) is 0.223. The maximum Gasteiger partial charge on any atom is 0.295 e. The molecule has 0 spiro atoms. The van der Waals surface area contributed by atoms with Crippen LogP contribution in [0.2, 0.25) is 0 Å². The van der Waals surface area contributed by atoms with E-state index in [-0.39, 0.29) is 18.1 Å². The third kappa shape index (κ3) is 4.98. The van der Waals surface area contributed by atoms with E-state index in [1.54, 1.807) is 23.1 Å². The summed E-state index contributed by atoms with van der Waals surface area (Å²) in [5.41, 5.74) is 1.19. The molecule has 1 saturated heterocycles. The van der Waals surface area contributed by atoms with Gasteiger partial charge >= 0.3 is 0 Å². The Labute approximate surface area is 205 Å². The minimum atomic E-state index is -0.712. The van der Waals surface area contributed by atoms with Gasteiger partial charge in [-0.1, -0.05) is 32.9 Å². The number of amides is 1. The minimum Gasteiger partial charge on any atom is -0.507 e. The van der Waals surface area contributed by atoms with E-state index in [0.717, 1.165) is 25.1 Å². The van der Waals surface area contributed by atoms with Crippen LogP contribution in [-0.4, -0.2) is 66.2 Å². The number of fused-ring (bicyclic) bond motifs is 1. The first-order valence-electron chi connectivity index (χ1n) is 12.1. The lowest BCUT2D eigenvalue weighted by Gasteiger charge is -2.28. The van der Waals surface area contributed by atoms with Crippen LogP contribution in [0.1, 0.15) is 44.4 Å². The van der Waals surface area contributed by atoms with Gasteiger partial charge < -0.3 is 29.1 Å². The second kappa shape index (κ2) is 10.8. The lowest BCUT2D eigenvalue weighted by atomic mass is 9.95. The molecular formula is C27H32N2O6. The highest BCUT2D eigenvalue weighted by atomic mass is 16.7. The van der Waals surface area contributed by atoms with Gasteiger partial charge in [0.05, 0.1) is 18.2 Å².